The number of aliphatic imine (C=N–C) groups is 2. The standard InChI is InChI=1S/C14H16N4O5/c19-13-12(22-10-4-2-1-3-6-15-10)17(14-16-7-9-21-14)18(23-13)11-5-8-20-11/h1-4,11-12H,5-9H2. The highest BCUT2D eigenvalue weighted by molar-refractivity contribution is 5.92. The van der Waals surface area contributed by atoms with Gasteiger partial charge in [0.05, 0.1) is 19.7 Å². The highest BCUT2D eigenvalue weighted by Gasteiger charge is 2.52. The van der Waals surface area contributed by atoms with Crippen molar-refractivity contribution in [3.05, 3.63) is 24.3 Å². The number of amidine groups is 1. The van der Waals surface area contributed by atoms with Crippen LogP contribution in [0.1, 0.15) is 6.42 Å². The van der Waals surface area contributed by atoms with E-state index >= 15 is 0 Å². The molecule has 4 aliphatic heterocycles. The van der Waals surface area contributed by atoms with Crippen LogP contribution >= 0.6 is 0 Å². The van der Waals surface area contributed by atoms with E-state index in [0.717, 1.165) is 6.42 Å². The van der Waals surface area contributed by atoms with Crippen LogP contribution in [0.15, 0.2) is 34.3 Å². The van der Waals surface area contributed by atoms with Crippen molar-refractivity contribution in [2.75, 3.05) is 26.3 Å². The highest BCUT2D eigenvalue weighted by atomic mass is 16.8. The first kappa shape index (κ1) is 14.2. The Bertz CT molecular complexity index is 610. The van der Waals surface area contributed by atoms with Gasteiger partial charge in [0.25, 0.3) is 6.23 Å². The second-order valence-electron chi connectivity index (χ2n) is 5.12. The van der Waals surface area contributed by atoms with E-state index in [-0.39, 0.29) is 12.2 Å². The molecule has 2 atom stereocenters. The quantitative estimate of drug-likeness (QED) is 0.706. The van der Waals surface area contributed by atoms with Crippen LogP contribution in [-0.4, -0.2) is 66.8 Å². The van der Waals surface area contributed by atoms with Gasteiger partial charge in [-0.15, -0.1) is 0 Å². The normalized spacial score (nSPS) is 30.3. The van der Waals surface area contributed by atoms with Gasteiger partial charge >= 0.3 is 12.0 Å². The summed E-state index contributed by atoms with van der Waals surface area (Å²) in [7, 11) is 0. The van der Waals surface area contributed by atoms with E-state index in [9.17, 15) is 4.79 Å². The maximum Gasteiger partial charge on any atom is 0.391 e. The fourth-order valence-electron chi connectivity index (χ4n) is 2.39. The van der Waals surface area contributed by atoms with E-state index < -0.39 is 12.2 Å². The van der Waals surface area contributed by atoms with E-state index in [1.807, 2.05) is 12.2 Å². The Kier molecular flexibility index (Phi) is 3.72. The number of hydrazine groups is 1. The van der Waals surface area contributed by atoms with Crippen molar-refractivity contribution >= 4 is 17.9 Å². The van der Waals surface area contributed by atoms with Gasteiger partial charge < -0.3 is 19.0 Å². The summed E-state index contributed by atoms with van der Waals surface area (Å²) < 4.78 is 16.6. The third-order valence-electron chi connectivity index (χ3n) is 3.58. The van der Waals surface area contributed by atoms with Gasteiger partial charge in [-0.2, -0.15) is 5.01 Å². The van der Waals surface area contributed by atoms with Gasteiger partial charge in [0.15, 0.2) is 6.23 Å². The predicted molar refractivity (Wildman–Crippen MR) is 77.8 cm³/mol. The molecule has 0 amide bonds. The molecule has 9 nitrogen and oxygen atoms in total. The number of carbonyl (C=O) groups excluding carboxylic acids is 1. The van der Waals surface area contributed by atoms with Crippen LogP contribution in [0.2, 0.25) is 0 Å². The summed E-state index contributed by atoms with van der Waals surface area (Å²) in [4.78, 5) is 26.0. The molecule has 0 N–H and O–H groups in total. The van der Waals surface area contributed by atoms with Gasteiger partial charge in [0.2, 0.25) is 5.90 Å². The largest absolute Gasteiger partial charge is 0.462 e. The summed E-state index contributed by atoms with van der Waals surface area (Å²) in [6.07, 6.45) is 6.58. The molecule has 2 saturated heterocycles. The molecule has 4 rings (SSSR count). The average Bonchev–Trinajstić information content (AvgIpc) is 3.01. The fourth-order valence-corrected chi connectivity index (χ4v) is 2.39. The first-order valence-corrected chi connectivity index (χ1v) is 7.46. The fraction of sp³-hybridized carbons (Fsp3) is 0.500. The zero-order chi connectivity index (χ0) is 15.6. The molecule has 0 aromatic carbocycles. The number of hydrogen-bond acceptors (Lipinski definition) is 9. The Morgan fingerprint density at radius 1 is 1.26 bits per heavy atom. The minimum atomic E-state index is -1.04. The molecule has 2 fully saturated rings. The van der Waals surface area contributed by atoms with Gasteiger partial charge in [-0.1, -0.05) is 18.2 Å². The minimum Gasteiger partial charge on any atom is -0.462 e. The van der Waals surface area contributed by atoms with Crippen molar-refractivity contribution in [2.45, 2.75) is 18.9 Å². The molecule has 0 spiro atoms. The third kappa shape index (κ3) is 2.68. The SMILES string of the molecule is O=C1ON(C2CCO2)N(C2=NCCO2)C1OC1=NCC=CC=C1. The van der Waals surface area contributed by atoms with E-state index in [2.05, 4.69) is 9.98 Å². The van der Waals surface area contributed by atoms with Gasteiger partial charge in [-0.25, -0.2) is 14.8 Å². The Morgan fingerprint density at radius 2 is 2.17 bits per heavy atom. The van der Waals surface area contributed by atoms with Crippen LogP contribution in [0.25, 0.3) is 0 Å². The van der Waals surface area contributed by atoms with Crippen LogP contribution < -0.4 is 0 Å². The Labute approximate surface area is 132 Å². The molecular formula is C14H16N4O5. The number of ether oxygens (including phenoxy) is 3. The first-order chi connectivity index (χ1) is 11.3. The molecule has 23 heavy (non-hydrogen) atoms. The lowest BCUT2D eigenvalue weighted by Gasteiger charge is -2.36. The maximum absolute atomic E-state index is 12.3. The minimum absolute atomic E-state index is 0.285. The molecule has 0 aromatic rings. The Hall–Kier alpha value is -2.39. The number of nitrogens with zero attached hydrogens (tertiary/aromatic N) is 4. The molecular weight excluding hydrogens is 304 g/mol. The summed E-state index contributed by atoms with van der Waals surface area (Å²) in [6.45, 7) is 2.08. The summed E-state index contributed by atoms with van der Waals surface area (Å²) in [6, 6.07) is 0.285. The summed E-state index contributed by atoms with van der Waals surface area (Å²) in [5.74, 6) is -0.219. The molecule has 122 valence electrons. The lowest BCUT2D eigenvalue weighted by Crippen LogP contribution is -2.54. The number of rotatable bonds is 2. The van der Waals surface area contributed by atoms with Crippen LogP contribution in [0.4, 0.5) is 0 Å². The van der Waals surface area contributed by atoms with Crippen LogP contribution in [0.3, 0.4) is 0 Å². The van der Waals surface area contributed by atoms with Crippen molar-refractivity contribution in [3.63, 3.8) is 0 Å². The molecule has 9 heteroatoms. The number of allylic oxidation sites excluding steroid dienone is 2. The zero-order valence-electron chi connectivity index (χ0n) is 12.3. The predicted octanol–water partition coefficient (Wildman–Crippen LogP) is -0.0230. The molecule has 2 unspecified atom stereocenters. The van der Waals surface area contributed by atoms with E-state index in [1.54, 1.807) is 12.2 Å². The third-order valence-corrected chi connectivity index (χ3v) is 3.58. The second-order valence-corrected chi connectivity index (χ2v) is 5.12. The number of carbonyl (C=O) groups is 1. The average molecular weight is 320 g/mol. The van der Waals surface area contributed by atoms with Crippen molar-refractivity contribution in [1.29, 1.82) is 0 Å². The van der Waals surface area contributed by atoms with Crippen molar-refractivity contribution in [3.8, 4) is 0 Å². The van der Waals surface area contributed by atoms with Crippen molar-refractivity contribution in [2.24, 2.45) is 9.98 Å². The van der Waals surface area contributed by atoms with Gasteiger partial charge in [0, 0.05) is 6.42 Å². The molecule has 0 aromatic heterocycles. The van der Waals surface area contributed by atoms with Gasteiger partial charge in [0.1, 0.15) is 6.61 Å². The van der Waals surface area contributed by atoms with Crippen molar-refractivity contribution < 1.29 is 23.8 Å². The highest BCUT2D eigenvalue weighted by Crippen LogP contribution is 2.28. The Morgan fingerprint density at radius 3 is 2.91 bits per heavy atom. The molecule has 0 aliphatic carbocycles. The first-order valence-electron chi connectivity index (χ1n) is 7.46. The zero-order valence-corrected chi connectivity index (χ0v) is 12.3. The summed E-state index contributed by atoms with van der Waals surface area (Å²) in [5.41, 5.74) is 0. The topological polar surface area (TPSA) is 85.2 Å². The van der Waals surface area contributed by atoms with Gasteiger partial charge in [-0.05, 0) is 11.2 Å². The second kappa shape index (κ2) is 6.01. The molecule has 4 heterocycles. The molecule has 0 saturated carbocycles. The molecule has 4 aliphatic rings. The number of hydroxylamine groups is 1. The van der Waals surface area contributed by atoms with Crippen LogP contribution in [0.5, 0.6) is 0 Å². The van der Waals surface area contributed by atoms with Crippen LogP contribution in [0, 0.1) is 0 Å². The lowest BCUT2D eigenvalue weighted by molar-refractivity contribution is -0.320. The Balaban J connectivity index is 1.57. The van der Waals surface area contributed by atoms with E-state index in [1.165, 1.54) is 10.2 Å². The van der Waals surface area contributed by atoms with Crippen LogP contribution in [-0.2, 0) is 23.8 Å². The molecule has 0 radical (unpaired) electrons. The lowest BCUT2D eigenvalue weighted by atomic mass is 10.3. The van der Waals surface area contributed by atoms with E-state index in [4.69, 9.17) is 19.0 Å². The smallest absolute Gasteiger partial charge is 0.391 e. The maximum atomic E-state index is 12.3. The summed E-state index contributed by atoms with van der Waals surface area (Å²) >= 11 is 0. The summed E-state index contributed by atoms with van der Waals surface area (Å²) in [5, 5.41) is 2.79. The van der Waals surface area contributed by atoms with E-state index in [0.29, 0.717) is 32.2 Å². The molecule has 0 bridgehead atoms. The monoisotopic (exact) mass is 320 g/mol. The number of hydrogen-bond donors (Lipinski definition) is 0. The van der Waals surface area contributed by atoms with Crippen molar-refractivity contribution in [1.82, 2.24) is 10.2 Å². The van der Waals surface area contributed by atoms with Gasteiger partial charge in [-0.3, -0.25) is 0 Å².